The second-order valence-electron chi connectivity index (χ2n) is 6.71. The molecule has 3 aromatic rings. The lowest BCUT2D eigenvalue weighted by Crippen LogP contribution is -2.33. The highest BCUT2D eigenvalue weighted by atomic mass is 19.4. The van der Waals surface area contributed by atoms with Gasteiger partial charge in [-0.2, -0.15) is 26.3 Å². The summed E-state index contributed by atoms with van der Waals surface area (Å²) in [6.45, 7) is 1.96. The van der Waals surface area contributed by atoms with Gasteiger partial charge in [-0.25, -0.2) is 19.7 Å². The van der Waals surface area contributed by atoms with Gasteiger partial charge in [0.2, 0.25) is 0 Å². The predicted molar refractivity (Wildman–Crippen MR) is 106 cm³/mol. The minimum atomic E-state index is -5.01. The molecule has 3 N–H and O–H groups in total. The SMILES string of the molecule is Cc1nccn1-c1cc(NCCNC(=O)Nc2cc(C(F)(F)F)cc(C(F)(F)F)c2)ncn1. The van der Waals surface area contributed by atoms with Crippen molar-refractivity contribution in [1.82, 2.24) is 24.8 Å². The Morgan fingerprint density at radius 1 is 0.939 bits per heavy atom. The van der Waals surface area contributed by atoms with Gasteiger partial charge in [-0.3, -0.25) is 4.57 Å². The van der Waals surface area contributed by atoms with E-state index in [2.05, 4.69) is 25.6 Å². The van der Waals surface area contributed by atoms with Gasteiger partial charge < -0.3 is 16.0 Å². The van der Waals surface area contributed by atoms with E-state index in [0.29, 0.717) is 29.6 Å². The molecule has 1 aromatic carbocycles. The highest BCUT2D eigenvalue weighted by molar-refractivity contribution is 5.89. The Kier molecular flexibility index (Phi) is 6.74. The number of amides is 2. The molecule has 0 radical (unpaired) electrons. The fourth-order valence-corrected chi connectivity index (χ4v) is 2.76. The van der Waals surface area contributed by atoms with E-state index in [0.717, 1.165) is 0 Å². The summed E-state index contributed by atoms with van der Waals surface area (Å²) in [4.78, 5) is 24.2. The van der Waals surface area contributed by atoms with Crippen LogP contribution in [0.25, 0.3) is 5.82 Å². The lowest BCUT2D eigenvalue weighted by Gasteiger charge is -2.15. The van der Waals surface area contributed by atoms with E-state index in [1.165, 1.54) is 6.33 Å². The van der Waals surface area contributed by atoms with E-state index >= 15 is 0 Å². The quantitative estimate of drug-likeness (QED) is 0.368. The molecular weight excluding hydrogens is 456 g/mol. The smallest absolute Gasteiger partial charge is 0.368 e. The Bertz CT molecular complexity index is 1090. The molecule has 33 heavy (non-hydrogen) atoms. The number of anilines is 2. The molecule has 14 heteroatoms. The fraction of sp³-hybridized carbons (Fsp3) is 0.263. The molecule has 2 aromatic heterocycles. The number of imidazole rings is 1. The lowest BCUT2D eigenvalue weighted by molar-refractivity contribution is -0.143. The second-order valence-corrected chi connectivity index (χ2v) is 6.71. The van der Waals surface area contributed by atoms with Crippen LogP contribution in [0.4, 0.5) is 42.6 Å². The predicted octanol–water partition coefficient (Wildman–Crippen LogP) is 4.24. The normalized spacial score (nSPS) is 11.8. The van der Waals surface area contributed by atoms with Crippen LogP contribution in [-0.4, -0.2) is 38.6 Å². The van der Waals surface area contributed by atoms with Gasteiger partial charge >= 0.3 is 18.4 Å². The van der Waals surface area contributed by atoms with Crippen LogP contribution in [0.1, 0.15) is 17.0 Å². The van der Waals surface area contributed by atoms with Crippen molar-refractivity contribution in [3.8, 4) is 5.82 Å². The molecule has 0 saturated heterocycles. The minimum absolute atomic E-state index is 0.000359. The average molecular weight is 473 g/mol. The third kappa shape index (κ3) is 6.33. The first-order chi connectivity index (χ1) is 15.4. The summed E-state index contributed by atoms with van der Waals surface area (Å²) in [5.41, 5.74) is -3.69. The molecule has 0 aliphatic rings. The number of carbonyl (C=O) groups is 1. The van der Waals surface area contributed by atoms with Crippen molar-refractivity contribution in [2.24, 2.45) is 0 Å². The van der Waals surface area contributed by atoms with E-state index in [4.69, 9.17) is 0 Å². The Morgan fingerprint density at radius 3 is 2.18 bits per heavy atom. The highest BCUT2D eigenvalue weighted by Gasteiger charge is 2.37. The first kappa shape index (κ1) is 23.8. The van der Waals surface area contributed by atoms with Gasteiger partial charge in [0, 0.05) is 37.2 Å². The lowest BCUT2D eigenvalue weighted by atomic mass is 10.1. The second kappa shape index (κ2) is 9.34. The number of rotatable bonds is 6. The van der Waals surface area contributed by atoms with Crippen molar-refractivity contribution in [1.29, 1.82) is 0 Å². The summed E-state index contributed by atoms with van der Waals surface area (Å²) in [5, 5.41) is 7.24. The molecule has 176 valence electrons. The largest absolute Gasteiger partial charge is 0.416 e. The number of hydrogen-bond donors (Lipinski definition) is 3. The van der Waals surface area contributed by atoms with Crippen LogP contribution >= 0.6 is 0 Å². The van der Waals surface area contributed by atoms with E-state index in [1.807, 2.05) is 5.32 Å². The van der Waals surface area contributed by atoms with Crippen molar-refractivity contribution in [3.05, 3.63) is 59.9 Å². The van der Waals surface area contributed by atoms with Crippen molar-refractivity contribution in [2.75, 3.05) is 23.7 Å². The van der Waals surface area contributed by atoms with Gasteiger partial charge in [-0.05, 0) is 25.1 Å². The Balaban J connectivity index is 1.57. The van der Waals surface area contributed by atoms with Crippen molar-refractivity contribution < 1.29 is 31.1 Å². The molecule has 0 aliphatic carbocycles. The molecule has 0 fully saturated rings. The summed E-state index contributed by atoms with van der Waals surface area (Å²) < 4.78 is 79.2. The van der Waals surface area contributed by atoms with Crippen LogP contribution in [0.2, 0.25) is 0 Å². The molecule has 0 atom stereocenters. The van der Waals surface area contributed by atoms with Crippen LogP contribution < -0.4 is 16.0 Å². The molecule has 8 nitrogen and oxygen atoms in total. The first-order valence-corrected chi connectivity index (χ1v) is 9.34. The maximum absolute atomic E-state index is 12.9. The number of benzene rings is 1. The molecule has 0 aliphatic heterocycles. The fourth-order valence-electron chi connectivity index (χ4n) is 2.76. The minimum Gasteiger partial charge on any atom is -0.368 e. The number of nitrogens with zero attached hydrogens (tertiary/aromatic N) is 4. The number of alkyl halides is 6. The van der Waals surface area contributed by atoms with Crippen molar-refractivity contribution in [3.63, 3.8) is 0 Å². The zero-order valence-electron chi connectivity index (χ0n) is 16.9. The Morgan fingerprint density at radius 2 is 1.61 bits per heavy atom. The summed E-state index contributed by atoms with van der Waals surface area (Å²) in [5.74, 6) is 1.70. The van der Waals surface area contributed by atoms with Gasteiger partial charge in [0.05, 0.1) is 11.1 Å². The van der Waals surface area contributed by atoms with E-state index < -0.39 is 35.2 Å². The van der Waals surface area contributed by atoms with Gasteiger partial charge in [0.15, 0.2) is 0 Å². The number of aryl methyl sites for hydroxylation is 1. The number of nitrogens with one attached hydrogen (secondary N) is 3. The molecule has 2 heterocycles. The van der Waals surface area contributed by atoms with Crippen molar-refractivity contribution in [2.45, 2.75) is 19.3 Å². The van der Waals surface area contributed by atoms with Crippen LogP contribution in [0.3, 0.4) is 0 Å². The third-order valence-corrected chi connectivity index (χ3v) is 4.29. The summed E-state index contributed by atoms with van der Waals surface area (Å²) in [6.07, 6.45) is -5.38. The summed E-state index contributed by atoms with van der Waals surface area (Å²) >= 11 is 0. The molecule has 2 amide bonds. The maximum Gasteiger partial charge on any atom is 0.416 e. The molecule has 0 bridgehead atoms. The van der Waals surface area contributed by atoms with E-state index in [9.17, 15) is 31.1 Å². The van der Waals surface area contributed by atoms with Crippen molar-refractivity contribution >= 4 is 17.5 Å². The number of urea groups is 1. The van der Waals surface area contributed by atoms with Gasteiger partial charge in [0.25, 0.3) is 0 Å². The zero-order valence-corrected chi connectivity index (χ0v) is 16.9. The van der Waals surface area contributed by atoms with Gasteiger partial charge in [-0.15, -0.1) is 0 Å². The van der Waals surface area contributed by atoms with Crippen LogP contribution in [0.5, 0.6) is 0 Å². The van der Waals surface area contributed by atoms with Gasteiger partial charge in [-0.1, -0.05) is 0 Å². The Labute approximate surface area is 183 Å². The number of hydrogen-bond acceptors (Lipinski definition) is 5. The zero-order chi connectivity index (χ0) is 24.2. The van der Waals surface area contributed by atoms with Crippen LogP contribution in [0.15, 0.2) is 43.0 Å². The monoisotopic (exact) mass is 473 g/mol. The van der Waals surface area contributed by atoms with E-state index in [-0.39, 0.29) is 19.2 Å². The highest BCUT2D eigenvalue weighted by Crippen LogP contribution is 2.37. The van der Waals surface area contributed by atoms with Crippen LogP contribution in [0, 0.1) is 6.92 Å². The van der Waals surface area contributed by atoms with Gasteiger partial charge in [0.1, 0.15) is 23.8 Å². The first-order valence-electron chi connectivity index (χ1n) is 9.34. The molecule has 0 unspecified atom stereocenters. The molecular formula is C19H17F6N7O. The number of aromatic nitrogens is 4. The Hall–Kier alpha value is -3.84. The standard InChI is InChI=1S/C19H17F6N7O/c1-11-26-4-5-32(11)16-9-15(29-10-30-16)27-2-3-28-17(33)31-14-7-12(18(20,21)22)6-13(8-14)19(23,24)25/h4-10H,2-3H2,1H3,(H,27,29,30)(H2,28,31,33). The topological polar surface area (TPSA) is 96.8 Å². The number of carbonyl (C=O) groups excluding carboxylic acids is 1. The maximum atomic E-state index is 12.9. The average Bonchev–Trinajstić information content (AvgIpc) is 3.16. The van der Waals surface area contributed by atoms with Crippen LogP contribution in [-0.2, 0) is 12.4 Å². The summed E-state index contributed by atoms with van der Waals surface area (Å²) in [7, 11) is 0. The van der Waals surface area contributed by atoms with E-state index in [1.54, 1.807) is 30.0 Å². The third-order valence-electron chi connectivity index (χ3n) is 4.29. The molecule has 0 spiro atoms. The molecule has 3 rings (SSSR count). The summed E-state index contributed by atoms with van der Waals surface area (Å²) in [6, 6.07) is 1.49. The number of halogens is 6. The molecule has 0 saturated carbocycles.